The second-order valence-electron chi connectivity index (χ2n) is 9.36. The van der Waals surface area contributed by atoms with E-state index in [1.807, 2.05) is 38.1 Å². The van der Waals surface area contributed by atoms with E-state index in [4.69, 9.17) is 9.84 Å². The molecule has 7 nitrogen and oxygen atoms in total. The highest BCUT2D eigenvalue weighted by Crippen LogP contribution is 2.44. The average molecular weight is 451 g/mol. The van der Waals surface area contributed by atoms with Crippen molar-refractivity contribution >= 4 is 18.0 Å². The number of rotatable bonds is 8. The predicted molar refractivity (Wildman–Crippen MR) is 124 cm³/mol. The maximum absolute atomic E-state index is 12.9. The van der Waals surface area contributed by atoms with Gasteiger partial charge in [0.05, 0.1) is 6.42 Å². The summed E-state index contributed by atoms with van der Waals surface area (Å²) in [7, 11) is 0. The summed E-state index contributed by atoms with van der Waals surface area (Å²) < 4.78 is 5.61. The SMILES string of the molecule is CC(C)C[C@@H](NC(=O)OCC1c2ccccc2-c2ccccc21)C(=O)N1CC(CC(=O)O)C1. The van der Waals surface area contributed by atoms with Gasteiger partial charge in [-0.05, 0) is 34.6 Å². The molecule has 0 unspecified atom stereocenters. The van der Waals surface area contributed by atoms with Gasteiger partial charge < -0.3 is 20.1 Å². The molecule has 1 atom stereocenters. The van der Waals surface area contributed by atoms with Crippen LogP contribution >= 0.6 is 0 Å². The maximum Gasteiger partial charge on any atom is 0.407 e. The summed E-state index contributed by atoms with van der Waals surface area (Å²) in [5.74, 6) is -0.916. The van der Waals surface area contributed by atoms with E-state index in [0.717, 1.165) is 22.3 Å². The third-order valence-corrected chi connectivity index (χ3v) is 6.37. The van der Waals surface area contributed by atoms with Gasteiger partial charge in [0.25, 0.3) is 0 Å². The third-order valence-electron chi connectivity index (χ3n) is 6.37. The van der Waals surface area contributed by atoms with E-state index in [9.17, 15) is 14.4 Å². The summed E-state index contributed by atoms with van der Waals surface area (Å²) in [6, 6.07) is 15.6. The van der Waals surface area contributed by atoms with Crippen LogP contribution in [0.4, 0.5) is 4.79 Å². The predicted octanol–water partition coefficient (Wildman–Crippen LogP) is 3.87. The number of nitrogens with one attached hydrogen (secondary N) is 1. The normalized spacial score (nSPS) is 16.0. The van der Waals surface area contributed by atoms with Gasteiger partial charge in [0.1, 0.15) is 12.6 Å². The Morgan fingerprint density at radius 2 is 1.61 bits per heavy atom. The van der Waals surface area contributed by atoms with Crippen LogP contribution in [0, 0.1) is 11.8 Å². The minimum Gasteiger partial charge on any atom is -0.481 e. The molecule has 1 saturated heterocycles. The fourth-order valence-electron chi connectivity index (χ4n) is 4.82. The smallest absolute Gasteiger partial charge is 0.407 e. The summed E-state index contributed by atoms with van der Waals surface area (Å²) in [5, 5.41) is 11.7. The first-order valence-corrected chi connectivity index (χ1v) is 11.5. The van der Waals surface area contributed by atoms with E-state index >= 15 is 0 Å². The van der Waals surface area contributed by atoms with Gasteiger partial charge in [-0.3, -0.25) is 9.59 Å². The molecule has 1 aliphatic heterocycles. The van der Waals surface area contributed by atoms with Crippen LogP contribution < -0.4 is 5.32 Å². The fraction of sp³-hybridized carbons (Fsp3) is 0.423. The molecule has 174 valence electrons. The molecule has 33 heavy (non-hydrogen) atoms. The van der Waals surface area contributed by atoms with Crippen LogP contribution in [-0.2, 0) is 14.3 Å². The first kappa shape index (κ1) is 22.8. The lowest BCUT2D eigenvalue weighted by atomic mass is 9.94. The molecule has 0 spiro atoms. The number of hydrogen-bond donors (Lipinski definition) is 2. The molecule has 0 bridgehead atoms. The standard InChI is InChI=1S/C26H30N2O5/c1-16(2)11-23(25(31)28-13-17(14-28)12-24(29)30)27-26(32)33-15-22-20-9-5-3-7-18(20)19-8-4-6-10-21(19)22/h3-10,16-17,22-23H,11-15H2,1-2H3,(H,27,32)(H,29,30)/t23-/m1/s1. The van der Waals surface area contributed by atoms with Crippen LogP contribution in [0.15, 0.2) is 48.5 Å². The van der Waals surface area contributed by atoms with Crippen molar-refractivity contribution in [2.24, 2.45) is 11.8 Å². The molecular weight excluding hydrogens is 420 g/mol. The molecule has 0 radical (unpaired) electrons. The van der Waals surface area contributed by atoms with Crippen molar-refractivity contribution in [1.29, 1.82) is 0 Å². The number of carboxylic acids is 1. The van der Waals surface area contributed by atoms with E-state index in [0.29, 0.717) is 19.5 Å². The van der Waals surface area contributed by atoms with Gasteiger partial charge in [-0.25, -0.2) is 4.79 Å². The van der Waals surface area contributed by atoms with Crippen molar-refractivity contribution in [3.05, 3.63) is 59.7 Å². The second-order valence-corrected chi connectivity index (χ2v) is 9.36. The molecule has 2 N–H and O–H groups in total. The number of ether oxygens (including phenoxy) is 1. The number of benzene rings is 2. The van der Waals surface area contributed by atoms with Crippen LogP contribution in [0.1, 0.15) is 43.7 Å². The Labute approximate surface area is 193 Å². The highest BCUT2D eigenvalue weighted by Gasteiger charge is 2.36. The van der Waals surface area contributed by atoms with E-state index in [2.05, 4.69) is 29.6 Å². The monoisotopic (exact) mass is 450 g/mol. The minimum absolute atomic E-state index is 0.0272. The summed E-state index contributed by atoms with van der Waals surface area (Å²) in [4.78, 5) is 38.1. The van der Waals surface area contributed by atoms with Gasteiger partial charge in [-0.15, -0.1) is 0 Å². The van der Waals surface area contributed by atoms with E-state index in [-0.39, 0.29) is 36.7 Å². The number of carbonyl (C=O) groups is 3. The Balaban J connectivity index is 1.37. The Kier molecular flexibility index (Phi) is 6.67. The number of hydrogen-bond acceptors (Lipinski definition) is 4. The molecule has 2 aromatic carbocycles. The zero-order chi connectivity index (χ0) is 23.5. The molecule has 1 aliphatic carbocycles. The number of amides is 2. The number of aliphatic carboxylic acids is 1. The zero-order valence-electron chi connectivity index (χ0n) is 19.0. The molecule has 1 fully saturated rings. The van der Waals surface area contributed by atoms with Crippen molar-refractivity contribution in [3.8, 4) is 11.1 Å². The number of alkyl carbamates (subject to hydrolysis) is 1. The molecule has 2 aromatic rings. The summed E-state index contributed by atoms with van der Waals surface area (Å²) in [5.41, 5.74) is 4.57. The van der Waals surface area contributed by atoms with Gasteiger partial charge in [0.2, 0.25) is 5.91 Å². The lowest BCUT2D eigenvalue weighted by Crippen LogP contribution is -2.57. The Morgan fingerprint density at radius 3 is 2.15 bits per heavy atom. The minimum atomic E-state index is -0.859. The number of nitrogens with zero attached hydrogens (tertiary/aromatic N) is 1. The van der Waals surface area contributed by atoms with Crippen molar-refractivity contribution in [2.45, 2.75) is 38.6 Å². The van der Waals surface area contributed by atoms with Crippen LogP contribution in [0.3, 0.4) is 0 Å². The Hall–Kier alpha value is -3.35. The van der Waals surface area contributed by atoms with Gasteiger partial charge in [0.15, 0.2) is 0 Å². The van der Waals surface area contributed by atoms with Crippen molar-refractivity contribution in [3.63, 3.8) is 0 Å². The van der Waals surface area contributed by atoms with Gasteiger partial charge in [-0.2, -0.15) is 0 Å². The molecule has 2 amide bonds. The van der Waals surface area contributed by atoms with Crippen LogP contribution in [0.25, 0.3) is 11.1 Å². The number of likely N-dealkylation sites (tertiary alicyclic amines) is 1. The third kappa shape index (κ3) is 5.02. The molecule has 7 heteroatoms. The first-order valence-electron chi connectivity index (χ1n) is 11.5. The fourth-order valence-corrected chi connectivity index (χ4v) is 4.82. The van der Waals surface area contributed by atoms with E-state index < -0.39 is 18.1 Å². The second kappa shape index (κ2) is 9.65. The topological polar surface area (TPSA) is 95.9 Å². The lowest BCUT2D eigenvalue weighted by Gasteiger charge is -2.40. The van der Waals surface area contributed by atoms with Crippen LogP contribution in [0.5, 0.6) is 0 Å². The van der Waals surface area contributed by atoms with Gasteiger partial charge >= 0.3 is 12.1 Å². The molecule has 1 heterocycles. The average Bonchev–Trinajstić information content (AvgIpc) is 3.07. The highest BCUT2D eigenvalue weighted by atomic mass is 16.5. The number of carboxylic acid groups (broad SMARTS) is 1. The van der Waals surface area contributed by atoms with E-state index in [1.165, 1.54) is 0 Å². The lowest BCUT2D eigenvalue weighted by molar-refractivity contribution is -0.146. The largest absolute Gasteiger partial charge is 0.481 e. The molecule has 0 aromatic heterocycles. The first-order chi connectivity index (χ1) is 15.8. The van der Waals surface area contributed by atoms with Gasteiger partial charge in [0, 0.05) is 24.9 Å². The summed E-state index contributed by atoms with van der Waals surface area (Å²) in [6.45, 7) is 4.98. The van der Waals surface area contributed by atoms with Gasteiger partial charge in [-0.1, -0.05) is 62.4 Å². The number of carbonyl (C=O) groups excluding carboxylic acids is 2. The molecule has 4 rings (SSSR count). The molecule has 0 saturated carbocycles. The number of fused-ring (bicyclic) bond motifs is 3. The Bertz CT molecular complexity index is 999. The van der Waals surface area contributed by atoms with Crippen molar-refractivity contribution in [1.82, 2.24) is 10.2 Å². The molecular formula is C26H30N2O5. The van der Waals surface area contributed by atoms with Crippen molar-refractivity contribution < 1.29 is 24.2 Å². The molecule has 2 aliphatic rings. The maximum atomic E-state index is 12.9. The van der Waals surface area contributed by atoms with Crippen molar-refractivity contribution in [2.75, 3.05) is 19.7 Å². The quantitative estimate of drug-likeness (QED) is 0.637. The Morgan fingerprint density at radius 1 is 1.03 bits per heavy atom. The highest BCUT2D eigenvalue weighted by molar-refractivity contribution is 5.86. The van der Waals surface area contributed by atoms with Crippen LogP contribution in [0.2, 0.25) is 0 Å². The summed E-state index contributed by atoms with van der Waals surface area (Å²) >= 11 is 0. The summed E-state index contributed by atoms with van der Waals surface area (Å²) in [6.07, 6.45) is -0.0693. The zero-order valence-corrected chi connectivity index (χ0v) is 19.0. The van der Waals surface area contributed by atoms with Crippen LogP contribution in [-0.4, -0.2) is 53.7 Å². The van der Waals surface area contributed by atoms with E-state index in [1.54, 1.807) is 4.90 Å².